The molecule has 0 radical (unpaired) electrons. The van der Waals surface area contributed by atoms with Crippen molar-refractivity contribution in [2.24, 2.45) is 5.41 Å². The highest BCUT2D eigenvalue weighted by atomic mass is 35.5. The van der Waals surface area contributed by atoms with E-state index in [0.717, 1.165) is 29.3 Å². The van der Waals surface area contributed by atoms with Crippen LogP contribution in [-0.4, -0.2) is 41.4 Å². The number of rotatable bonds is 5. The lowest BCUT2D eigenvalue weighted by molar-refractivity contribution is -0.128. The van der Waals surface area contributed by atoms with E-state index in [2.05, 4.69) is 5.32 Å². The molecule has 2 aliphatic rings. The number of nitrogens with zero attached hydrogens (tertiary/aromatic N) is 2. The Morgan fingerprint density at radius 3 is 2.70 bits per heavy atom. The first kappa shape index (κ1) is 21.5. The molecule has 2 aromatic rings. The third-order valence-corrected chi connectivity index (χ3v) is 7.84. The summed E-state index contributed by atoms with van der Waals surface area (Å²) in [6.07, 6.45) is 4.44. The van der Waals surface area contributed by atoms with E-state index in [1.165, 1.54) is 4.88 Å². The molecule has 0 bridgehead atoms. The predicted octanol–water partition coefficient (Wildman–Crippen LogP) is 4.01. The van der Waals surface area contributed by atoms with Crippen molar-refractivity contribution in [2.45, 2.75) is 57.8 Å². The molecule has 2 aromatic heterocycles. The molecule has 1 atom stereocenters. The van der Waals surface area contributed by atoms with Gasteiger partial charge in [0.1, 0.15) is 0 Å². The number of aromatic nitrogens is 2. The smallest absolute Gasteiger partial charge is 0.253 e. The molecule has 0 saturated carbocycles. The molecule has 6 nitrogen and oxygen atoms in total. The third kappa shape index (κ3) is 4.07. The van der Waals surface area contributed by atoms with Crippen molar-refractivity contribution in [3.63, 3.8) is 0 Å². The summed E-state index contributed by atoms with van der Waals surface area (Å²) in [6.45, 7) is 5.78. The molecule has 4 rings (SSSR count). The summed E-state index contributed by atoms with van der Waals surface area (Å²) in [5.74, 6) is -0.0178. The van der Waals surface area contributed by atoms with E-state index in [4.69, 9.17) is 21.4 Å². The maximum atomic E-state index is 13.6. The van der Waals surface area contributed by atoms with E-state index in [-0.39, 0.29) is 11.8 Å². The van der Waals surface area contributed by atoms with Crippen LogP contribution in [0.4, 0.5) is 0 Å². The number of amides is 1. The van der Waals surface area contributed by atoms with E-state index in [0.29, 0.717) is 44.7 Å². The van der Waals surface area contributed by atoms with Crippen LogP contribution >= 0.6 is 22.9 Å². The number of nitrogens with one attached hydrogen (secondary N) is 1. The van der Waals surface area contributed by atoms with Gasteiger partial charge in [-0.05, 0) is 63.6 Å². The van der Waals surface area contributed by atoms with Crippen molar-refractivity contribution in [1.82, 2.24) is 15.1 Å². The number of carbonyl (C=O) groups excluding carboxylic acids is 2. The highest BCUT2D eigenvalue weighted by Gasteiger charge is 2.42. The predicted molar refractivity (Wildman–Crippen MR) is 117 cm³/mol. The molecule has 1 amide bonds. The lowest BCUT2D eigenvalue weighted by atomic mass is 9.79. The van der Waals surface area contributed by atoms with Crippen LogP contribution in [0.5, 0.6) is 0 Å². The second-order valence-electron chi connectivity index (χ2n) is 8.81. The van der Waals surface area contributed by atoms with E-state index >= 15 is 0 Å². The van der Waals surface area contributed by atoms with Gasteiger partial charge in [-0.1, -0.05) is 18.5 Å². The van der Waals surface area contributed by atoms with Crippen LogP contribution in [0.1, 0.15) is 60.6 Å². The zero-order chi connectivity index (χ0) is 21.4. The molecular weight excluding hydrogens is 422 g/mol. The van der Waals surface area contributed by atoms with Crippen LogP contribution in [0.15, 0.2) is 18.2 Å². The number of thiophene rings is 1. The Morgan fingerprint density at radius 1 is 1.27 bits per heavy atom. The van der Waals surface area contributed by atoms with Crippen molar-refractivity contribution >= 4 is 34.8 Å². The quantitative estimate of drug-likeness (QED) is 0.748. The molecule has 2 fully saturated rings. The van der Waals surface area contributed by atoms with Crippen molar-refractivity contribution < 1.29 is 14.3 Å². The molecule has 2 saturated heterocycles. The Kier molecular flexibility index (Phi) is 6.06. The van der Waals surface area contributed by atoms with E-state index < -0.39 is 10.8 Å². The summed E-state index contributed by atoms with van der Waals surface area (Å²) in [5.41, 5.74) is 0.328. The Morgan fingerprint density at radius 2 is 2.03 bits per heavy atom. The Balaban J connectivity index is 1.67. The van der Waals surface area contributed by atoms with Crippen molar-refractivity contribution in [1.29, 1.82) is 0 Å². The lowest BCUT2D eigenvalue weighted by Crippen LogP contribution is -2.47. The van der Waals surface area contributed by atoms with Gasteiger partial charge in [0.15, 0.2) is 0 Å². The van der Waals surface area contributed by atoms with E-state index in [1.807, 2.05) is 32.0 Å². The summed E-state index contributed by atoms with van der Waals surface area (Å²) >= 11 is 7.63. The first-order chi connectivity index (χ1) is 14.3. The van der Waals surface area contributed by atoms with Crippen LogP contribution in [0.25, 0.3) is 0 Å². The number of piperidine rings is 1. The van der Waals surface area contributed by atoms with Crippen molar-refractivity contribution in [3.05, 3.63) is 38.8 Å². The average molecular weight is 450 g/mol. The molecule has 0 spiro atoms. The lowest BCUT2D eigenvalue weighted by Gasteiger charge is -2.32. The minimum absolute atomic E-state index is 0.00363. The summed E-state index contributed by atoms with van der Waals surface area (Å²) in [4.78, 5) is 27.4. The van der Waals surface area contributed by atoms with Crippen LogP contribution < -0.4 is 5.32 Å². The summed E-state index contributed by atoms with van der Waals surface area (Å²) < 4.78 is 7.81. The van der Waals surface area contributed by atoms with Crippen LogP contribution in [-0.2, 0) is 27.8 Å². The van der Waals surface area contributed by atoms with Gasteiger partial charge in [-0.3, -0.25) is 9.59 Å². The molecule has 162 valence electrons. The first-order valence-electron chi connectivity index (χ1n) is 10.6. The zero-order valence-corrected chi connectivity index (χ0v) is 19.1. The number of ether oxygens (including phenoxy) is 1. The monoisotopic (exact) mass is 449 g/mol. The fraction of sp³-hybridized carbons (Fsp3) is 0.591. The molecule has 4 heterocycles. The topological polar surface area (TPSA) is 73.2 Å². The number of halogens is 1. The Labute approximate surface area is 185 Å². The summed E-state index contributed by atoms with van der Waals surface area (Å²) in [5, 5.41) is 7.69. The van der Waals surface area contributed by atoms with Gasteiger partial charge < -0.3 is 10.1 Å². The number of hydrogen-bond donors (Lipinski definition) is 1. The molecular formula is C22H28ClN3O3S. The molecule has 1 N–H and O–H groups in total. The number of carbonyl (C=O) groups is 2. The highest BCUT2D eigenvalue weighted by molar-refractivity contribution is 7.16. The summed E-state index contributed by atoms with van der Waals surface area (Å²) in [6, 6.07) is 5.87. The molecule has 30 heavy (non-hydrogen) atoms. The molecule has 0 aliphatic carbocycles. The second-order valence-corrected chi connectivity index (χ2v) is 10.6. The molecule has 8 heteroatoms. The number of aryl methyl sites for hydroxylation is 2. The Bertz CT molecular complexity index is 947. The van der Waals surface area contributed by atoms with E-state index in [1.54, 1.807) is 16.0 Å². The minimum atomic E-state index is -0.707. The summed E-state index contributed by atoms with van der Waals surface area (Å²) in [7, 11) is 0. The molecule has 2 aliphatic heterocycles. The fourth-order valence-electron chi connectivity index (χ4n) is 4.27. The maximum absolute atomic E-state index is 13.6. The second kappa shape index (κ2) is 8.44. The van der Waals surface area contributed by atoms with Gasteiger partial charge in [0.05, 0.1) is 20.9 Å². The van der Waals surface area contributed by atoms with Crippen LogP contribution in [0.3, 0.4) is 0 Å². The van der Waals surface area contributed by atoms with Gasteiger partial charge >= 0.3 is 0 Å². The Hall–Kier alpha value is -1.70. The normalized spacial score (nSPS) is 23.9. The van der Waals surface area contributed by atoms with Gasteiger partial charge in [0, 0.05) is 30.3 Å². The number of hydrogen-bond acceptors (Lipinski definition) is 5. The van der Waals surface area contributed by atoms with Gasteiger partial charge in [-0.25, -0.2) is 4.68 Å². The van der Waals surface area contributed by atoms with Crippen LogP contribution in [0, 0.1) is 5.41 Å². The van der Waals surface area contributed by atoms with Gasteiger partial charge in [-0.15, -0.1) is 11.3 Å². The third-order valence-electron chi connectivity index (χ3n) is 6.55. The van der Waals surface area contributed by atoms with Gasteiger partial charge in [-0.2, -0.15) is 5.10 Å². The average Bonchev–Trinajstić information content (AvgIpc) is 3.35. The maximum Gasteiger partial charge on any atom is 0.253 e. The SMILES string of the molecule is CC1(C(=O)n2nc(C3(C)CCCNC3=O)cc2CCc2ccc(Cl)s2)CCOCC1. The van der Waals surface area contributed by atoms with Crippen molar-refractivity contribution in [2.75, 3.05) is 19.8 Å². The molecule has 0 aromatic carbocycles. The van der Waals surface area contributed by atoms with Gasteiger partial charge in [0.2, 0.25) is 5.91 Å². The zero-order valence-electron chi connectivity index (χ0n) is 17.5. The highest BCUT2D eigenvalue weighted by Crippen LogP contribution is 2.35. The standard InChI is InChI=1S/C22H28ClN3O3S/c1-21(9-12-29-13-10-21)20(28)26-15(4-5-16-6-7-18(23)30-16)14-17(25-26)22(2)8-3-11-24-19(22)27/h6-7,14H,3-5,8-13H2,1-2H3,(H,24,27). The van der Waals surface area contributed by atoms with Crippen LogP contribution in [0.2, 0.25) is 4.34 Å². The largest absolute Gasteiger partial charge is 0.381 e. The minimum Gasteiger partial charge on any atom is -0.381 e. The van der Waals surface area contributed by atoms with Crippen molar-refractivity contribution in [3.8, 4) is 0 Å². The molecule has 1 unspecified atom stereocenters. The first-order valence-corrected chi connectivity index (χ1v) is 11.8. The van der Waals surface area contributed by atoms with E-state index in [9.17, 15) is 9.59 Å². The fourth-order valence-corrected chi connectivity index (χ4v) is 5.36. The van der Waals surface area contributed by atoms with Gasteiger partial charge in [0.25, 0.3) is 5.91 Å².